The summed E-state index contributed by atoms with van der Waals surface area (Å²) in [5.74, 6) is 0.490. The van der Waals surface area contributed by atoms with Crippen LogP contribution in [0.25, 0.3) is 0 Å². The fourth-order valence-electron chi connectivity index (χ4n) is 0.956. The van der Waals surface area contributed by atoms with Gasteiger partial charge in [0.2, 0.25) is 0 Å². The van der Waals surface area contributed by atoms with Crippen molar-refractivity contribution in [2.45, 2.75) is 6.92 Å². The summed E-state index contributed by atoms with van der Waals surface area (Å²) >= 11 is 4.94. The third kappa shape index (κ3) is 2.95. The van der Waals surface area contributed by atoms with Gasteiger partial charge in [0, 0.05) is 7.05 Å². The molecule has 0 aliphatic carbocycles. The van der Waals surface area contributed by atoms with Crippen molar-refractivity contribution in [1.82, 2.24) is 14.8 Å². The second-order valence-electron chi connectivity index (χ2n) is 2.89. The number of aromatic amines is 1. The Labute approximate surface area is 93.1 Å². The van der Waals surface area contributed by atoms with Crippen LogP contribution >= 0.6 is 12.2 Å². The van der Waals surface area contributed by atoms with Gasteiger partial charge >= 0.3 is 0 Å². The molecule has 0 radical (unpaired) electrons. The fourth-order valence-corrected chi connectivity index (χ4v) is 1.09. The number of rotatable bonds is 4. The Bertz CT molecular complexity index is 451. The second kappa shape index (κ2) is 5.35. The van der Waals surface area contributed by atoms with Crippen LogP contribution in [0.1, 0.15) is 12.7 Å². The van der Waals surface area contributed by atoms with E-state index < -0.39 is 0 Å². The number of allylic oxidation sites excluding steroid dienone is 1. The monoisotopic (exact) mass is 223 g/mol. The summed E-state index contributed by atoms with van der Waals surface area (Å²) in [7, 11) is 1.76. The Morgan fingerprint density at radius 2 is 2.47 bits per heavy atom. The predicted octanol–water partition coefficient (Wildman–Crippen LogP) is 1.49. The molecule has 0 fully saturated rings. The number of nitrogens with zero attached hydrogens (tertiary/aromatic N) is 3. The summed E-state index contributed by atoms with van der Waals surface area (Å²) in [6.07, 6.45) is 5.30. The number of hydrogen-bond acceptors (Lipinski definition) is 4. The van der Waals surface area contributed by atoms with Gasteiger partial charge in [-0.1, -0.05) is 12.2 Å². The minimum atomic E-state index is 0.245. The molecule has 0 aliphatic rings. The highest BCUT2D eigenvalue weighted by Gasteiger charge is 2.05. The summed E-state index contributed by atoms with van der Waals surface area (Å²) in [5.41, 5.74) is 0.245. The topological polar surface area (TPSA) is 69.8 Å². The molecular weight excluding hydrogens is 210 g/mol. The lowest BCUT2D eigenvalue weighted by Gasteiger charge is -1.95. The van der Waals surface area contributed by atoms with Crippen LogP contribution in [0, 0.1) is 10.2 Å². The van der Waals surface area contributed by atoms with Crippen LogP contribution in [0.3, 0.4) is 0 Å². The molecule has 1 rings (SSSR count). The Kier molecular flexibility index (Phi) is 4.11. The van der Waals surface area contributed by atoms with Crippen molar-refractivity contribution in [3.8, 4) is 0 Å². The first-order valence-corrected chi connectivity index (χ1v) is 4.89. The summed E-state index contributed by atoms with van der Waals surface area (Å²) in [5, 5.41) is 14.2. The lowest BCUT2D eigenvalue weighted by Crippen LogP contribution is -2.09. The van der Waals surface area contributed by atoms with E-state index in [1.54, 1.807) is 11.6 Å². The summed E-state index contributed by atoms with van der Waals surface area (Å²) in [6, 6.07) is 0. The van der Waals surface area contributed by atoms with Crippen molar-refractivity contribution in [3.05, 3.63) is 22.7 Å². The van der Waals surface area contributed by atoms with E-state index in [9.17, 15) is 0 Å². The Morgan fingerprint density at radius 3 is 3.00 bits per heavy atom. The molecule has 15 heavy (non-hydrogen) atoms. The van der Waals surface area contributed by atoms with Crippen molar-refractivity contribution < 1.29 is 0 Å². The van der Waals surface area contributed by atoms with Gasteiger partial charge in [-0.05, 0) is 19.1 Å². The highest BCUT2D eigenvalue weighted by molar-refractivity contribution is 7.71. The first kappa shape index (κ1) is 11.5. The molecule has 0 saturated heterocycles. The van der Waals surface area contributed by atoms with E-state index in [1.165, 1.54) is 6.21 Å². The van der Waals surface area contributed by atoms with Crippen molar-refractivity contribution in [2.24, 2.45) is 12.0 Å². The minimum Gasteiger partial charge on any atom is -0.302 e. The molecule has 0 unspecified atom stereocenters. The van der Waals surface area contributed by atoms with Crippen molar-refractivity contribution in [3.63, 3.8) is 0 Å². The van der Waals surface area contributed by atoms with Crippen LogP contribution < -0.4 is 0 Å². The highest BCUT2D eigenvalue weighted by atomic mass is 32.1. The second-order valence-corrected chi connectivity index (χ2v) is 3.28. The van der Waals surface area contributed by atoms with E-state index in [2.05, 4.69) is 15.2 Å². The van der Waals surface area contributed by atoms with Crippen molar-refractivity contribution in [1.29, 1.82) is 5.41 Å². The van der Waals surface area contributed by atoms with Gasteiger partial charge in [0.05, 0.1) is 12.8 Å². The average molecular weight is 223 g/mol. The Balaban J connectivity index is 2.74. The highest BCUT2D eigenvalue weighted by Crippen LogP contribution is 1.94. The molecule has 0 atom stereocenters. The van der Waals surface area contributed by atoms with E-state index in [1.807, 2.05) is 19.1 Å². The molecule has 80 valence electrons. The Morgan fingerprint density at radius 1 is 1.73 bits per heavy atom. The SMILES string of the molecule is C/C=C\CN=CC(=N)c1n[nH]c(=S)n1C. The van der Waals surface area contributed by atoms with Gasteiger partial charge in [-0.2, -0.15) is 5.10 Å². The maximum Gasteiger partial charge on any atom is 0.195 e. The Hall–Kier alpha value is -1.56. The predicted molar refractivity (Wildman–Crippen MR) is 63.4 cm³/mol. The number of aliphatic imine (C=N–C) groups is 1. The molecule has 0 bridgehead atoms. The first-order chi connectivity index (χ1) is 7.16. The molecule has 2 N–H and O–H groups in total. The largest absolute Gasteiger partial charge is 0.302 e. The molecule has 1 heterocycles. The molecule has 0 spiro atoms. The zero-order chi connectivity index (χ0) is 11.3. The molecular formula is C9H13N5S. The standard InChI is InChI=1S/C9H13N5S/c1-3-4-5-11-6-7(10)8-12-13-9(15)14(8)2/h3-4,6,10H,5H2,1-2H3,(H,13,15)/b4-3-,10-7?,11-6?. The van der Waals surface area contributed by atoms with Gasteiger partial charge in [0.1, 0.15) is 5.71 Å². The van der Waals surface area contributed by atoms with Crippen LogP contribution in [0.4, 0.5) is 0 Å². The number of hydrogen-bond donors (Lipinski definition) is 2. The number of aromatic nitrogens is 3. The lowest BCUT2D eigenvalue weighted by molar-refractivity contribution is 0.881. The molecule has 0 amide bonds. The fraction of sp³-hybridized carbons (Fsp3) is 0.333. The molecule has 1 aromatic heterocycles. The van der Waals surface area contributed by atoms with Gasteiger partial charge in [0.15, 0.2) is 10.6 Å². The van der Waals surface area contributed by atoms with E-state index in [-0.39, 0.29) is 5.71 Å². The molecule has 1 aromatic rings. The van der Waals surface area contributed by atoms with E-state index in [0.717, 1.165) is 0 Å². The lowest BCUT2D eigenvalue weighted by atomic mass is 10.4. The average Bonchev–Trinajstić information content (AvgIpc) is 2.55. The van der Waals surface area contributed by atoms with Crippen LogP contribution in [0.2, 0.25) is 0 Å². The van der Waals surface area contributed by atoms with Crippen LogP contribution in [0.15, 0.2) is 17.1 Å². The van der Waals surface area contributed by atoms with Gasteiger partial charge in [-0.15, -0.1) is 0 Å². The third-order valence-corrected chi connectivity index (χ3v) is 2.15. The summed E-state index contributed by atoms with van der Waals surface area (Å²) < 4.78 is 2.14. The zero-order valence-electron chi connectivity index (χ0n) is 8.69. The molecule has 0 aliphatic heterocycles. The summed E-state index contributed by atoms with van der Waals surface area (Å²) in [6.45, 7) is 2.51. The van der Waals surface area contributed by atoms with Crippen molar-refractivity contribution in [2.75, 3.05) is 6.54 Å². The van der Waals surface area contributed by atoms with E-state index in [4.69, 9.17) is 17.6 Å². The van der Waals surface area contributed by atoms with Gasteiger partial charge in [-0.3, -0.25) is 15.5 Å². The first-order valence-electron chi connectivity index (χ1n) is 4.48. The maximum atomic E-state index is 7.70. The number of nitrogens with one attached hydrogen (secondary N) is 2. The van der Waals surface area contributed by atoms with Gasteiger partial charge in [-0.25, -0.2) is 0 Å². The molecule has 0 aromatic carbocycles. The van der Waals surface area contributed by atoms with Crippen LogP contribution in [-0.2, 0) is 7.05 Å². The zero-order valence-corrected chi connectivity index (χ0v) is 9.51. The molecule has 6 heteroatoms. The molecule has 0 saturated carbocycles. The summed E-state index contributed by atoms with van der Waals surface area (Å²) in [4.78, 5) is 4.05. The van der Waals surface area contributed by atoms with Gasteiger partial charge in [0.25, 0.3) is 0 Å². The van der Waals surface area contributed by atoms with Crippen molar-refractivity contribution >= 4 is 24.1 Å². The minimum absolute atomic E-state index is 0.245. The number of H-pyrrole nitrogens is 1. The quantitative estimate of drug-likeness (QED) is 0.461. The third-order valence-electron chi connectivity index (χ3n) is 1.79. The van der Waals surface area contributed by atoms with Gasteiger partial charge < -0.3 is 4.57 Å². The molecule has 5 nitrogen and oxygen atoms in total. The van der Waals surface area contributed by atoms with Crippen LogP contribution in [0.5, 0.6) is 0 Å². The van der Waals surface area contributed by atoms with E-state index >= 15 is 0 Å². The maximum absolute atomic E-state index is 7.70. The van der Waals surface area contributed by atoms with Crippen LogP contribution in [-0.4, -0.2) is 33.2 Å². The van der Waals surface area contributed by atoms with E-state index in [0.29, 0.717) is 17.1 Å². The smallest absolute Gasteiger partial charge is 0.195 e. The normalized spacial score (nSPS) is 11.6.